The lowest BCUT2D eigenvalue weighted by atomic mass is 9.72. The average Bonchev–Trinajstić information content (AvgIpc) is 3.30. The van der Waals surface area contributed by atoms with E-state index < -0.39 is 48.1 Å². The number of anilines is 1. The number of carbonyl (C=O) groups excluding carboxylic acids is 1. The van der Waals surface area contributed by atoms with Gasteiger partial charge in [-0.1, -0.05) is 0 Å². The van der Waals surface area contributed by atoms with Crippen LogP contribution < -0.4 is 4.90 Å². The van der Waals surface area contributed by atoms with Crippen LogP contribution >= 0.6 is 0 Å². The van der Waals surface area contributed by atoms with Crippen molar-refractivity contribution in [1.29, 1.82) is 0 Å². The Kier molecular flexibility index (Phi) is 9.47. The molecule has 2 spiro atoms. The number of ether oxygens (including phenoxy) is 1. The smallest absolute Gasteiger partial charge is 0.426 e. The first-order chi connectivity index (χ1) is 21.3. The number of piperidine rings is 2. The monoisotopic (exact) mass is 676 g/mol. The summed E-state index contributed by atoms with van der Waals surface area (Å²) in [4.78, 5) is 18.9. The van der Waals surface area contributed by atoms with Gasteiger partial charge in [0.25, 0.3) is 6.10 Å². The van der Waals surface area contributed by atoms with Crippen LogP contribution in [0.3, 0.4) is 0 Å². The topological polar surface area (TPSA) is 79.7 Å². The Morgan fingerprint density at radius 3 is 1.98 bits per heavy atom. The summed E-state index contributed by atoms with van der Waals surface area (Å²) in [7, 11) is 0. The van der Waals surface area contributed by atoms with Gasteiger partial charge in [-0.25, -0.2) is 4.79 Å². The van der Waals surface area contributed by atoms with Gasteiger partial charge in [0.05, 0.1) is 5.56 Å². The predicted molar refractivity (Wildman–Crippen MR) is 146 cm³/mol. The summed E-state index contributed by atoms with van der Waals surface area (Å²) >= 11 is 0. The van der Waals surface area contributed by atoms with Crippen LogP contribution in [0.25, 0.3) is 0 Å². The van der Waals surface area contributed by atoms with Gasteiger partial charge in [0.2, 0.25) is 0 Å². The molecule has 0 unspecified atom stereocenters. The third-order valence-corrected chi connectivity index (χ3v) is 9.91. The van der Waals surface area contributed by atoms with Crippen molar-refractivity contribution in [1.82, 2.24) is 14.7 Å². The van der Waals surface area contributed by atoms with Crippen LogP contribution in [0, 0.1) is 5.41 Å². The molecule has 4 aliphatic rings. The highest BCUT2D eigenvalue weighted by molar-refractivity contribution is 5.68. The highest BCUT2D eigenvalue weighted by Gasteiger charge is 2.60. The van der Waals surface area contributed by atoms with E-state index in [9.17, 15) is 54.5 Å². The first-order valence-corrected chi connectivity index (χ1v) is 15.2. The van der Waals surface area contributed by atoms with E-state index in [1.165, 1.54) is 0 Å². The van der Waals surface area contributed by atoms with Crippen LogP contribution in [0.15, 0.2) is 18.2 Å². The van der Waals surface area contributed by atoms with Gasteiger partial charge in [0.15, 0.2) is 6.29 Å². The second kappa shape index (κ2) is 12.5. The number of hydrogen-bond donors (Lipinski definition) is 2. The van der Waals surface area contributed by atoms with Crippen molar-refractivity contribution in [2.24, 2.45) is 5.41 Å². The number of benzene rings is 1. The van der Waals surface area contributed by atoms with Gasteiger partial charge < -0.3 is 24.7 Å². The molecular weight excluding hydrogens is 639 g/mol. The Morgan fingerprint density at radius 2 is 1.43 bits per heavy atom. The molecule has 0 aliphatic carbocycles. The number of aliphatic hydroxyl groups excluding tert-OH is 1. The minimum Gasteiger partial charge on any atom is -0.426 e. The quantitative estimate of drug-likeness (QED) is 0.325. The van der Waals surface area contributed by atoms with Crippen molar-refractivity contribution in [3.63, 3.8) is 0 Å². The first-order valence-electron chi connectivity index (χ1n) is 15.2. The standard InChI is InChI=1S/C29H37F9N4O4/c30-27(31,32)20-12-19(13-21(14-20)40-8-3-25(4-9-40)17-39(18-25)16-22(43)44)15-42-7-1-2-26(42)5-10-41(11-6-26)24(45)46-23(28(33,34)35)29(36,37)38/h12-14,22-23,43-44H,1-11,15-18H2. The van der Waals surface area contributed by atoms with E-state index >= 15 is 0 Å². The fraction of sp³-hybridized carbons (Fsp3) is 0.759. The molecule has 0 bridgehead atoms. The highest BCUT2D eigenvalue weighted by atomic mass is 19.4. The lowest BCUT2D eigenvalue weighted by Gasteiger charge is -2.54. The number of aliphatic hydroxyl groups is 2. The van der Waals surface area contributed by atoms with Crippen molar-refractivity contribution in [3.8, 4) is 0 Å². The lowest BCUT2D eigenvalue weighted by Crippen LogP contribution is -2.61. The minimum atomic E-state index is -5.82. The number of carbonyl (C=O) groups is 1. The largest absolute Gasteiger partial charge is 0.434 e. The molecule has 1 amide bonds. The molecule has 8 nitrogen and oxygen atoms in total. The number of amides is 1. The summed E-state index contributed by atoms with van der Waals surface area (Å²) in [6.07, 6.45) is -20.4. The Balaban J connectivity index is 1.24. The van der Waals surface area contributed by atoms with Crippen LogP contribution in [-0.2, 0) is 17.5 Å². The molecule has 0 aromatic heterocycles. The molecule has 46 heavy (non-hydrogen) atoms. The highest BCUT2D eigenvalue weighted by Crippen LogP contribution is 2.44. The van der Waals surface area contributed by atoms with Crippen LogP contribution in [-0.4, -0.2) is 114 Å². The normalized spacial score (nSPS) is 22.7. The van der Waals surface area contributed by atoms with E-state index in [1.54, 1.807) is 6.07 Å². The number of hydrogen-bond acceptors (Lipinski definition) is 7. The van der Waals surface area contributed by atoms with Gasteiger partial charge in [0.1, 0.15) is 0 Å². The molecule has 0 saturated carbocycles. The van der Waals surface area contributed by atoms with Crippen LogP contribution in [0.4, 0.5) is 50.0 Å². The molecule has 0 atom stereocenters. The molecule has 17 heteroatoms. The zero-order valence-corrected chi connectivity index (χ0v) is 24.9. The summed E-state index contributed by atoms with van der Waals surface area (Å²) in [5.74, 6) is 0. The van der Waals surface area contributed by atoms with Crippen molar-refractivity contribution in [2.75, 3.05) is 57.3 Å². The molecule has 4 aliphatic heterocycles. The lowest BCUT2D eigenvalue weighted by molar-refractivity contribution is -0.308. The van der Waals surface area contributed by atoms with Gasteiger partial charge in [-0.15, -0.1) is 0 Å². The van der Waals surface area contributed by atoms with E-state index in [4.69, 9.17) is 0 Å². The minimum absolute atomic E-state index is 0.000517. The molecule has 2 N–H and O–H groups in total. The zero-order chi connectivity index (χ0) is 33.7. The second-order valence-electron chi connectivity index (χ2n) is 13.1. The SMILES string of the molecule is O=C(OC(C(F)(F)F)C(F)(F)F)N1CCC2(CCCN2Cc2cc(N3CCC4(CC3)CN(CC(O)O)C4)cc(C(F)(F)F)c2)CC1. The summed E-state index contributed by atoms with van der Waals surface area (Å²) in [5, 5.41) is 18.4. The molecule has 1 aromatic rings. The molecule has 1 aromatic carbocycles. The van der Waals surface area contributed by atoms with E-state index in [0.29, 0.717) is 56.8 Å². The summed E-state index contributed by atoms with van der Waals surface area (Å²) in [6, 6.07) is 3.97. The molecule has 260 valence electrons. The van der Waals surface area contributed by atoms with E-state index in [0.717, 1.165) is 29.9 Å². The van der Waals surface area contributed by atoms with Crippen LogP contribution in [0.1, 0.15) is 49.7 Å². The maximum Gasteiger partial charge on any atom is 0.434 e. The maximum atomic E-state index is 14.0. The summed E-state index contributed by atoms with van der Waals surface area (Å²) in [6.45, 7) is 3.00. The number of β-amino-alcohol motifs (C(OH)–C–C–N with tert-alkyl or cyclic N) is 2. The second-order valence-corrected chi connectivity index (χ2v) is 13.1. The molecular formula is C29H37F9N4O4. The van der Waals surface area contributed by atoms with Gasteiger partial charge in [-0.05, 0) is 74.2 Å². The number of halogens is 9. The molecule has 4 heterocycles. The fourth-order valence-electron chi connectivity index (χ4n) is 7.56. The van der Waals surface area contributed by atoms with E-state index in [1.807, 2.05) is 14.7 Å². The summed E-state index contributed by atoms with van der Waals surface area (Å²) < 4.78 is 123. The maximum absolute atomic E-state index is 14.0. The van der Waals surface area contributed by atoms with Gasteiger partial charge in [-0.3, -0.25) is 9.80 Å². The average molecular weight is 677 g/mol. The molecule has 4 saturated heterocycles. The Morgan fingerprint density at radius 1 is 0.826 bits per heavy atom. The van der Waals surface area contributed by atoms with Gasteiger partial charge in [0, 0.05) is 63.6 Å². The van der Waals surface area contributed by atoms with Crippen molar-refractivity contribution >= 4 is 11.8 Å². The zero-order valence-electron chi connectivity index (χ0n) is 24.9. The van der Waals surface area contributed by atoms with Crippen molar-refractivity contribution in [3.05, 3.63) is 29.3 Å². The summed E-state index contributed by atoms with van der Waals surface area (Å²) in [5.41, 5.74) is -0.496. The number of alkyl halides is 9. The van der Waals surface area contributed by atoms with Crippen LogP contribution in [0.5, 0.6) is 0 Å². The van der Waals surface area contributed by atoms with E-state index in [2.05, 4.69) is 4.74 Å². The van der Waals surface area contributed by atoms with Crippen molar-refractivity contribution < 1.29 is 59.3 Å². The Hall–Kier alpha value is -2.50. The van der Waals surface area contributed by atoms with Crippen LogP contribution in [0.2, 0.25) is 0 Å². The molecule has 5 rings (SSSR count). The Bertz CT molecular complexity index is 1220. The fourth-order valence-corrected chi connectivity index (χ4v) is 7.56. The number of rotatable bonds is 6. The number of nitrogens with zero attached hydrogens (tertiary/aromatic N) is 4. The van der Waals surface area contributed by atoms with E-state index in [-0.39, 0.29) is 44.4 Å². The van der Waals surface area contributed by atoms with Gasteiger partial charge in [-0.2, -0.15) is 39.5 Å². The first kappa shape index (κ1) is 34.8. The number of likely N-dealkylation sites (tertiary alicyclic amines) is 3. The van der Waals surface area contributed by atoms with Crippen molar-refractivity contribution in [2.45, 2.75) is 81.5 Å². The molecule has 4 fully saturated rings. The van der Waals surface area contributed by atoms with Gasteiger partial charge >= 0.3 is 24.6 Å². The predicted octanol–water partition coefficient (Wildman–Crippen LogP) is 4.98. The third kappa shape index (κ3) is 7.62. The third-order valence-electron chi connectivity index (χ3n) is 9.91. The molecule has 0 radical (unpaired) electrons. The Labute approximate surface area is 259 Å².